The van der Waals surface area contributed by atoms with E-state index in [2.05, 4.69) is 39.8 Å². The van der Waals surface area contributed by atoms with E-state index in [-0.39, 0.29) is 0 Å². The molecular weight excluding hydrogens is 170 g/mol. The molecule has 0 amide bonds. The number of hydrogen-bond donors (Lipinski definition) is 0. The van der Waals surface area contributed by atoms with Crippen LogP contribution in [0.5, 0.6) is 0 Å². The fourth-order valence-electron chi connectivity index (χ4n) is 1.74. The second-order valence-electron chi connectivity index (χ2n) is 4.06. The van der Waals surface area contributed by atoms with Gasteiger partial charge in [-0.3, -0.25) is 0 Å². The van der Waals surface area contributed by atoms with Crippen LogP contribution in [0.25, 0.3) is 0 Å². The summed E-state index contributed by atoms with van der Waals surface area (Å²) in [6.07, 6.45) is 5.35. The molecule has 0 radical (unpaired) electrons. The smallest absolute Gasteiger partial charge is 0.0115 e. The molecule has 0 aromatic carbocycles. The lowest BCUT2D eigenvalue weighted by molar-refractivity contribution is 0.200. The maximum atomic E-state index is 2.38. The van der Waals surface area contributed by atoms with Crippen molar-refractivity contribution in [1.29, 1.82) is 0 Å². The molecule has 0 aliphatic carbocycles. The number of hydrogen-bond acceptors (Lipinski definition) is 1. The first-order valence-electron chi connectivity index (χ1n) is 6.29. The summed E-state index contributed by atoms with van der Waals surface area (Å²) in [5.74, 6) is 0.839. The average Bonchev–Trinajstić information content (AvgIpc) is 2.20. The topological polar surface area (TPSA) is 3.24 Å². The molecule has 0 spiro atoms. The van der Waals surface area contributed by atoms with Crippen molar-refractivity contribution in [3.8, 4) is 0 Å². The Morgan fingerprint density at radius 2 is 1.57 bits per heavy atom. The quantitative estimate of drug-likeness (QED) is 0.623. The molecule has 88 valence electrons. The molecule has 1 heteroatoms. The molecule has 0 saturated heterocycles. The highest BCUT2D eigenvalue weighted by atomic mass is 15.1. The first kappa shape index (κ1) is 16.4. The molecule has 0 rings (SSSR count). The van der Waals surface area contributed by atoms with Gasteiger partial charge in [-0.15, -0.1) is 0 Å². The predicted octanol–water partition coefficient (Wildman–Crippen LogP) is 4.18. The van der Waals surface area contributed by atoms with Crippen molar-refractivity contribution in [2.24, 2.45) is 5.92 Å². The Balaban J connectivity index is 0. The van der Waals surface area contributed by atoms with Gasteiger partial charge in [-0.1, -0.05) is 53.9 Å². The van der Waals surface area contributed by atoms with E-state index in [0.29, 0.717) is 0 Å². The minimum absolute atomic E-state index is 0.787. The van der Waals surface area contributed by atoms with Crippen molar-refractivity contribution < 1.29 is 0 Å². The summed E-state index contributed by atoms with van der Waals surface area (Å²) < 4.78 is 0. The minimum Gasteiger partial charge on any atom is -0.306 e. The van der Waals surface area contributed by atoms with Crippen LogP contribution in [-0.4, -0.2) is 25.0 Å². The second-order valence-corrected chi connectivity index (χ2v) is 4.06. The third-order valence-electron chi connectivity index (χ3n) is 2.82. The van der Waals surface area contributed by atoms with E-state index in [1.54, 1.807) is 0 Å². The van der Waals surface area contributed by atoms with Gasteiger partial charge in [0.2, 0.25) is 0 Å². The van der Waals surface area contributed by atoms with Crippen molar-refractivity contribution >= 4 is 0 Å². The first-order chi connectivity index (χ1) is 6.63. The molecule has 0 N–H and O–H groups in total. The molecule has 0 fully saturated rings. The molecule has 14 heavy (non-hydrogen) atoms. The maximum Gasteiger partial charge on any atom is 0.0115 e. The number of unbranched alkanes of at least 4 members (excludes halogenated alkanes) is 1. The highest BCUT2D eigenvalue weighted by molar-refractivity contribution is 4.71. The van der Waals surface area contributed by atoms with E-state index in [1.807, 2.05) is 13.8 Å². The number of nitrogens with zero attached hydrogens (tertiary/aromatic N) is 1. The van der Waals surface area contributed by atoms with Gasteiger partial charge in [0, 0.05) is 6.04 Å². The molecule has 0 aliphatic rings. The molecule has 0 aromatic rings. The lowest BCUT2D eigenvalue weighted by Gasteiger charge is -2.29. The van der Waals surface area contributed by atoms with Crippen LogP contribution >= 0.6 is 0 Å². The Labute approximate surface area is 91.9 Å². The third kappa shape index (κ3) is 7.37. The summed E-state index contributed by atoms with van der Waals surface area (Å²) in [4.78, 5) is 2.38. The highest BCUT2D eigenvalue weighted by Crippen LogP contribution is 2.17. The van der Waals surface area contributed by atoms with Crippen LogP contribution in [-0.2, 0) is 0 Å². The normalized spacial score (nSPS) is 14.6. The van der Waals surface area contributed by atoms with E-state index >= 15 is 0 Å². The zero-order valence-electron chi connectivity index (χ0n) is 11.4. The summed E-state index contributed by atoms with van der Waals surface area (Å²) in [5.41, 5.74) is 0. The van der Waals surface area contributed by atoms with Crippen LogP contribution in [0, 0.1) is 5.92 Å². The summed E-state index contributed by atoms with van der Waals surface area (Å²) >= 11 is 0. The van der Waals surface area contributed by atoms with Gasteiger partial charge in [0.15, 0.2) is 0 Å². The Hall–Kier alpha value is -0.0400. The van der Waals surface area contributed by atoms with E-state index in [4.69, 9.17) is 0 Å². The summed E-state index contributed by atoms with van der Waals surface area (Å²) in [5, 5.41) is 0. The summed E-state index contributed by atoms with van der Waals surface area (Å²) in [7, 11) is 4.40. The molecular formula is C13H31N. The van der Waals surface area contributed by atoms with Gasteiger partial charge in [-0.2, -0.15) is 0 Å². The lowest BCUT2D eigenvalue weighted by Crippen LogP contribution is -2.33. The zero-order chi connectivity index (χ0) is 11.6. The van der Waals surface area contributed by atoms with E-state index < -0.39 is 0 Å². The van der Waals surface area contributed by atoms with Crippen LogP contribution < -0.4 is 0 Å². The van der Waals surface area contributed by atoms with E-state index in [0.717, 1.165) is 12.0 Å². The second kappa shape index (κ2) is 11.0. The van der Waals surface area contributed by atoms with Crippen LogP contribution in [0.4, 0.5) is 0 Å². The minimum atomic E-state index is 0.787. The van der Waals surface area contributed by atoms with Crippen molar-refractivity contribution in [1.82, 2.24) is 4.90 Å². The molecule has 0 aromatic heterocycles. The SMILES string of the molecule is CC.CCCCC(C(C)CC)N(C)C. The fraction of sp³-hybridized carbons (Fsp3) is 1.00. The Bertz CT molecular complexity index is 99.4. The van der Waals surface area contributed by atoms with Gasteiger partial charge in [0.05, 0.1) is 0 Å². The Morgan fingerprint density at radius 1 is 1.07 bits per heavy atom. The highest BCUT2D eigenvalue weighted by Gasteiger charge is 2.16. The Kier molecular flexibility index (Phi) is 12.9. The fourth-order valence-corrected chi connectivity index (χ4v) is 1.74. The van der Waals surface area contributed by atoms with Gasteiger partial charge in [-0.05, 0) is 26.4 Å². The summed E-state index contributed by atoms with van der Waals surface area (Å²) in [6.45, 7) is 10.9. The lowest BCUT2D eigenvalue weighted by atomic mass is 9.94. The maximum absolute atomic E-state index is 2.38. The standard InChI is InChI=1S/C11H25N.C2H6/c1-6-8-9-11(12(4)5)10(3)7-2;1-2/h10-11H,6-9H2,1-5H3;1-2H3. The molecule has 1 nitrogen and oxygen atoms in total. The number of rotatable bonds is 6. The first-order valence-corrected chi connectivity index (χ1v) is 6.29. The van der Waals surface area contributed by atoms with Crippen molar-refractivity contribution in [2.45, 2.75) is 66.3 Å². The van der Waals surface area contributed by atoms with Crippen molar-refractivity contribution in [2.75, 3.05) is 14.1 Å². The predicted molar refractivity (Wildman–Crippen MR) is 67.8 cm³/mol. The molecule has 2 atom stereocenters. The average molecular weight is 201 g/mol. The third-order valence-corrected chi connectivity index (χ3v) is 2.82. The molecule has 0 heterocycles. The molecule has 0 aliphatic heterocycles. The van der Waals surface area contributed by atoms with Crippen LogP contribution in [0.1, 0.15) is 60.3 Å². The van der Waals surface area contributed by atoms with E-state index in [1.165, 1.54) is 25.7 Å². The molecule has 0 saturated carbocycles. The van der Waals surface area contributed by atoms with E-state index in [9.17, 15) is 0 Å². The van der Waals surface area contributed by atoms with Crippen molar-refractivity contribution in [3.63, 3.8) is 0 Å². The van der Waals surface area contributed by atoms with Crippen LogP contribution in [0.3, 0.4) is 0 Å². The monoisotopic (exact) mass is 201 g/mol. The van der Waals surface area contributed by atoms with Gasteiger partial charge < -0.3 is 4.90 Å². The van der Waals surface area contributed by atoms with Gasteiger partial charge in [0.25, 0.3) is 0 Å². The van der Waals surface area contributed by atoms with Gasteiger partial charge in [-0.25, -0.2) is 0 Å². The zero-order valence-corrected chi connectivity index (χ0v) is 11.4. The van der Waals surface area contributed by atoms with Crippen LogP contribution in [0.2, 0.25) is 0 Å². The van der Waals surface area contributed by atoms with Crippen molar-refractivity contribution in [3.05, 3.63) is 0 Å². The van der Waals surface area contributed by atoms with Crippen LogP contribution in [0.15, 0.2) is 0 Å². The Morgan fingerprint density at radius 3 is 1.86 bits per heavy atom. The van der Waals surface area contributed by atoms with Gasteiger partial charge in [0.1, 0.15) is 0 Å². The van der Waals surface area contributed by atoms with Gasteiger partial charge >= 0.3 is 0 Å². The summed E-state index contributed by atoms with van der Waals surface area (Å²) in [6, 6.07) is 0.787. The largest absolute Gasteiger partial charge is 0.306 e. The molecule has 2 unspecified atom stereocenters. The molecule has 0 bridgehead atoms.